The lowest BCUT2D eigenvalue weighted by Gasteiger charge is -2.20. The number of hydrogen-bond donors (Lipinski definition) is 2. The number of nitrogens with one attached hydrogen (secondary N) is 2. The summed E-state index contributed by atoms with van der Waals surface area (Å²) in [4.78, 5) is 11.7. The first-order valence-electron chi connectivity index (χ1n) is 7.87. The van der Waals surface area contributed by atoms with Crippen LogP contribution < -0.4 is 10.0 Å². The number of amides is 1. The molecule has 1 unspecified atom stereocenters. The zero-order valence-corrected chi connectivity index (χ0v) is 15.7. The second-order valence-electron chi connectivity index (χ2n) is 5.77. The molecule has 0 radical (unpaired) electrons. The van der Waals surface area contributed by atoms with Crippen molar-refractivity contribution in [2.24, 2.45) is 0 Å². The largest absolute Gasteiger partial charge is 0.349 e. The summed E-state index contributed by atoms with van der Waals surface area (Å²) in [6.45, 7) is 3.48. The minimum Gasteiger partial charge on any atom is -0.349 e. The molecule has 0 bridgehead atoms. The Morgan fingerprint density at radius 2 is 1.76 bits per heavy atom. The van der Waals surface area contributed by atoms with Crippen LogP contribution in [0.1, 0.15) is 30.5 Å². The lowest BCUT2D eigenvalue weighted by Crippen LogP contribution is -2.31. The van der Waals surface area contributed by atoms with Crippen LogP contribution in [0.15, 0.2) is 53.4 Å². The number of rotatable bonds is 7. The Morgan fingerprint density at radius 1 is 1.12 bits per heavy atom. The smallest absolute Gasteiger partial charge is 0.240 e. The maximum atomic E-state index is 12.3. The van der Waals surface area contributed by atoms with E-state index in [1.165, 1.54) is 6.92 Å². The third kappa shape index (κ3) is 5.56. The van der Waals surface area contributed by atoms with Crippen molar-refractivity contribution >= 4 is 27.5 Å². The molecule has 2 rings (SSSR count). The van der Waals surface area contributed by atoms with Crippen LogP contribution in [0.2, 0.25) is 5.02 Å². The molecule has 134 valence electrons. The zero-order chi connectivity index (χ0) is 18.4. The van der Waals surface area contributed by atoms with Crippen molar-refractivity contribution in [3.05, 3.63) is 64.7 Å². The summed E-state index contributed by atoms with van der Waals surface area (Å²) in [7, 11) is -3.59. The number of halogens is 1. The summed E-state index contributed by atoms with van der Waals surface area (Å²) in [6.07, 6.45) is 0.383. The van der Waals surface area contributed by atoms with Crippen LogP contribution in [0, 0.1) is 6.92 Å². The first kappa shape index (κ1) is 19.4. The van der Waals surface area contributed by atoms with E-state index in [1.807, 2.05) is 19.1 Å². The Balaban J connectivity index is 2.07. The molecule has 2 aromatic rings. The van der Waals surface area contributed by atoms with Crippen molar-refractivity contribution in [3.8, 4) is 0 Å². The molecule has 1 amide bonds. The molecule has 0 aliphatic heterocycles. The average Bonchev–Trinajstić information content (AvgIpc) is 2.54. The summed E-state index contributed by atoms with van der Waals surface area (Å²) >= 11 is 6.19. The predicted octanol–water partition coefficient (Wildman–Crippen LogP) is 3.19. The second-order valence-corrected chi connectivity index (χ2v) is 7.95. The molecule has 0 aliphatic carbocycles. The van der Waals surface area contributed by atoms with Gasteiger partial charge in [-0.15, -0.1) is 0 Å². The molecule has 1 atom stereocenters. The predicted molar refractivity (Wildman–Crippen MR) is 99.0 cm³/mol. The highest BCUT2D eigenvalue weighted by molar-refractivity contribution is 7.89. The minimum atomic E-state index is -3.59. The summed E-state index contributed by atoms with van der Waals surface area (Å²) in [5, 5.41) is 3.34. The van der Waals surface area contributed by atoms with E-state index in [2.05, 4.69) is 10.0 Å². The molecule has 2 N–H and O–H groups in total. The number of sulfonamides is 1. The van der Waals surface area contributed by atoms with Crippen LogP contribution in [0.4, 0.5) is 0 Å². The van der Waals surface area contributed by atoms with Crippen LogP contribution in [0.25, 0.3) is 0 Å². The fourth-order valence-electron chi connectivity index (χ4n) is 2.45. The molecule has 0 spiro atoms. The highest BCUT2D eigenvalue weighted by atomic mass is 35.5. The fourth-order valence-corrected chi connectivity index (χ4v) is 3.76. The standard InChI is InChI=1S/C18H21ClN2O3S/c1-13-7-9-15(10-8-13)25(23,24)20-12-11-18(21-14(2)22)16-5-3-4-6-17(16)19/h3-10,18,20H,11-12H2,1-2H3,(H,21,22). The molecule has 0 saturated heterocycles. The molecule has 2 aromatic carbocycles. The van der Waals surface area contributed by atoms with Gasteiger partial charge in [0.25, 0.3) is 0 Å². The van der Waals surface area contributed by atoms with E-state index >= 15 is 0 Å². The van der Waals surface area contributed by atoms with E-state index in [1.54, 1.807) is 36.4 Å². The van der Waals surface area contributed by atoms with Gasteiger partial charge in [0.1, 0.15) is 0 Å². The normalized spacial score (nSPS) is 12.6. The summed E-state index contributed by atoms with van der Waals surface area (Å²) in [5.74, 6) is -0.202. The molecular weight excluding hydrogens is 360 g/mol. The van der Waals surface area contributed by atoms with Crippen LogP contribution in [0.5, 0.6) is 0 Å². The van der Waals surface area contributed by atoms with E-state index in [4.69, 9.17) is 11.6 Å². The Morgan fingerprint density at radius 3 is 2.36 bits per heavy atom. The number of carbonyl (C=O) groups excluding carboxylic acids is 1. The van der Waals surface area contributed by atoms with Gasteiger partial charge in [-0.3, -0.25) is 4.79 Å². The third-order valence-corrected chi connectivity index (χ3v) is 5.54. The molecule has 7 heteroatoms. The van der Waals surface area contributed by atoms with Crippen LogP contribution in [-0.2, 0) is 14.8 Å². The van der Waals surface area contributed by atoms with Crippen LogP contribution in [0.3, 0.4) is 0 Å². The molecule has 0 heterocycles. The van der Waals surface area contributed by atoms with E-state index in [9.17, 15) is 13.2 Å². The molecule has 0 aliphatic rings. The number of benzene rings is 2. The van der Waals surface area contributed by atoms with Gasteiger partial charge in [-0.25, -0.2) is 13.1 Å². The van der Waals surface area contributed by atoms with Crippen LogP contribution in [-0.4, -0.2) is 20.9 Å². The lowest BCUT2D eigenvalue weighted by molar-refractivity contribution is -0.119. The molecule has 0 fully saturated rings. The van der Waals surface area contributed by atoms with E-state index in [-0.39, 0.29) is 23.4 Å². The highest BCUT2D eigenvalue weighted by Crippen LogP contribution is 2.25. The third-order valence-electron chi connectivity index (χ3n) is 3.71. The quantitative estimate of drug-likeness (QED) is 0.774. The van der Waals surface area contributed by atoms with Crippen molar-refractivity contribution in [1.29, 1.82) is 0 Å². The maximum Gasteiger partial charge on any atom is 0.240 e. The monoisotopic (exact) mass is 380 g/mol. The van der Waals surface area contributed by atoms with Crippen molar-refractivity contribution in [1.82, 2.24) is 10.0 Å². The summed E-state index contributed by atoms with van der Waals surface area (Å²) in [6, 6.07) is 13.4. The van der Waals surface area contributed by atoms with Crippen LogP contribution >= 0.6 is 11.6 Å². The lowest BCUT2D eigenvalue weighted by atomic mass is 10.0. The van der Waals surface area contributed by atoms with E-state index in [0.717, 1.165) is 11.1 Å². The number of aryl methyl sites for hydroxylation is 1. The van der Waals surface area contributed by atoms with Gasteiger partial charge in [0.2, 0.25) is 15.9 Å². The number of carbonyl (C=O) groups is 1. The minimum absolute atomic E-state index is 0.173. The first-order valence-corrected chi connectivity index (χ1v) is 9.73. The maximum absolute atomic E-state index is 12.3. The van der Waals surface area contributed by atoms with E-state index in [0.29, 0.717) is 11.4 Å². The van der Waals surface area contributed by atoms with Crippen molar-refractivity contribution in [3.63, 3.8) is 0 Å². The average molecular weight is 381 g/mol. The zero-order valence-electron chi connectivity index (χ0n) is 14.1. The second kappa shape index (κ2) is 8.47. The highest BCUT2D eigenvalue weighted by Gasteiger charge is 2.18. The van der Waals surface area contributed by atoms with Gasteiger partial charge in [-0.2, -0.15) is 0 Å². The Hall–Kier alpha value is -1.89. The van der Waals surface area contributed by atoms with Crippen molar-refractivity contribution < 1.29 is 13.2 Å². The van der Waals surface area contributed by atoms with Gasteiger partial charge in [0, 0.05) is 18.5 Å². The molecule has 5 nitrogen and oxygen atoms in total. The van der Waals surface area contributed by atoms with Crippen molar-refractivity contribution in [2.45, 2.75) is 31.2 Å². The molecular formula is C18H21ClN2O3S. The SMILES string of the molecule is CC(=O)NC(CCNS(=O)(=O)c1ccc(C)cc1)c1ccccc1Cl. The van der Waals surface area contributed by atoms with Gasteiger partial charge in [0.15, 0.2) is 0 Å². The summed E-state index contributed by atoms with van der Waals surface area (Å²) < 4.78 is 27.2. The Kier molecular flexibility index (Phi) is 6.58. The first-order chi connectivity index (χ1) is 11.8. The van der Waals surface area contributed by atoms with Gasteiger partial charge in [-0.05, 0) is 37.1 Å². The molecule has 0 saturated carbocycles. The molecule has 0 aromatic heterocycles. The Bertz CT molecular complexity index is 836. The Labute approximate surface area is 153 Å². The summed E-state index contributed by atoms with van der Waals surface area (Å²) in [5.41, 5.74) is 1.75. The van der Waals surface area contributed by atoms with Gasteiger partial charge < -0.3 is 5.32 Å². The van der Waals surface area contributed by atoms with Crippen molar-refractivity contribution in [2.75, 3.05) is 6.54 Å². The van der Waals surface area contributed by atoms with Gasteiger partial charge in [-0.1, -0.05) is 47.5 Å². The number of hydrogen-bond acceptors (Lipinski definition) is 3. The van der Waals surface area contributed by atoms with Gasteiger partial charge in [0.05, 0.1) is 10.9 Å². The topological polar surface area (TPSA) is 75.3 Å². The molecule has 25 heavy (non-hydrogen) atoms. The van der Waals surface area contributed by atoms with E-state index < -0.39 is 10.0 Å². The fraction of sp³-hybridized carbons (Fsp3) is 0.278. The van der Waals surface area contributed by atoms with Gasteiger partial charge >= 0.3 is 0 Å².